The van der Waals surface area contributed by atoms with E-state index < -0.39 is 0 Å². The molecule has 1 N–H and O–H groups in total. The molecule has 1 nitrogen and oxygen atoms in total. The molecule has 2 fully saturated rings. The van der Waals surface area contributed by atoms with E-state index >= 15 is 0 Å². The van der Waals surface area contributed by atoms with Crippen LogP contribution in [-0.4, -0.2) is 11.2 Å². The average Bonchev–Trinajstić information content (AvgIpc) is 2.61. The predicted octanol–water partition coefficient (Wildman–Crippen LogP) is 1.58. The van der Waals surface area contributed by atoms with Gasteiger partial charge in [0.2, 0.25) is 0 Å². The molecule has 0 heterocycles. The highest BCUT2D eigenvalue weighted by molar-refractivity contribution is 5.18. The first-order valence-electron chi connectivity index (χ1n) is 4.06. The Hall–Kier alpha value is -0.300. The monoisotopic (exact) mass is 138 g/mol. The van der Waals surface area contributed by atoms with Gasteiger partial charge >= 0.3 is 0 Å². The van der Waals surface area contributed by atoms with Crippen molar-refractivity contribution < 1.29 is 5.11 Å². The summed E-state index contributed by atoms with van der Waals surface area (Å²) < 4.78 is 0. The largest absolute Gasteiger partial charge is 0.393 e. The first-order chi connectivity index (χ1) is 4.70. The van der Waals surface area contributed by atoms with Crippen LogP contribution in [0.25, 0.3) is 0 Å². The van der Waals surface area contributed by atoms with E-state index in [9.17, 15) is 5.11 Å². The Morgan fingerprint density at radius 3 is 3.00 bits per heavy atom. The van der Waals surface area contributed by atoms with Crippen LogP contribution in [0.4, 0.5) is 0 Å². The Morgan fingerprint density at radius 2 is 2.30 bits per heavy atom. The van der Waals surface area contributed by atoms with Gasteiger partial charge in [-0.1, -0.05) is 19.1 Å². The SMILES string of the molecule is C=C1CC(O)C(C)C2CC12. The number of aliphatic hydroxyl groups is 1. The second-order valence-electron chi connectivity index (χ2n) is 3.79. The van der Waals surface area contributed by atoms with E-state index in [2.05, 4.69) is 13.5 Å². The number of fused-ring (bicyclic) bond motifs is 1. The molecule has 0 spiro atoms. The fourth-order valence-electron chi connectivity index (χ4n) is 2.16. The lowest BCUT2D eigenvalue weighted by Gasteiger charge is -2.24. The number of hydrogen-bond acceptors (Lipinski definition) is 1. The van der Waals surface area contributed by atoms with Crippen LogP contribution in [0.5, 0.6) is 0 Å². The fourth-order valence-corrected chi connectivity index (χ4v) is 2.16. The van der Waals surface area contributed by atoms with Gasteiger partial charge in [0.05, 0.1) is 6.10 Å². The molecule has 0 aromatic carbocycles. The van der Waals surface area contributed by atoms with Gasteiger partial charge in [-0.25, -0.2) is 0 Å². The van der Waals surface area contributed by atoms with E-state index in [0.29, 0.717) is 5.92 Å². The lowest BCUT2D eigenvalue weighted by Crippen LogP contribution is -2.25. The normalized spacial score (nSPS) is 52.4. The number of hydrogen-bond donors (Lipinski definition) is 1. The standard InChI is InChI=1S/C9H14O/c1-5-3-9(10)6(2)8-4-7(5)8/h6-10H,1,3-4H2,2H3. The molecule has 4 unspecified atom stereocenters. The minimum atomic E-state index is -0.101. The minimum absolute atomic E-state index is 0.101. The van der Waals surface area contributed by atoms with Crippen LogP contribution in [-0.2, 0) is 0 Å². The maximum absolute atomic E-state index is 9.48. The third kappa shape index (κ3) is 0.734. The van der Waals surface area contributed by atoms with Crippen molar-refractivity contribution in [2.45, 2.75) is 25.9 Å². The van der Waals surface area contributed by atoms with Crippen LogP contribution in [0.15, 0.2) is 12.2 Å². The van der Waals surface area contributed by atoms with Gasteiger partial charge in [-0.15, -0.1) is 0 Å². The second-order valence-corrected chi connectivity index (χ2v) is 3.79. The molecular weight excluding hydrogens is 124 g/mol. The lowest BCUT2D eigenvalue weighted by molar-refractivity contribution is 0.0904. The van der Waals surface area contributed by atoms with Gasteiger partial charge < -0.3 is 5.11 Å². The van der Waals surface area contributed by atoms with Crippen LogP contribution in [0.2, 0.25) is 0 Å². The van der Waals surface area contributed by atoms with Gasteiger partial charge in [0.25, 0.3) is 0 Å². The lowest BCUT2D eigenvalue weighted by atomic mass is 9.85. The summed E-state index contributed by atoms with van der Waals surface area (Å²) in [6.07, 6.45) is 2.04. The summed E-state index contributed by atoms with van der Waals surface area (Å²) in [5.41, 5.74) is 1.29. The molecule has 0 aromatic heterocycles. The predicted molar refractivity (Wildman–Crippen MR) is 40.5 cm³/mol. The summed E-state index contributed by atoms with van der Waals surface area (Å²) in [6, 6.07) is 0. The fraction of sp³-hybridized carbons (Fsp3) is 0.778. The summed E-state index contributed by atoms with van der Waals surface area (Å²) in [5, 5.41) is 9.48. The highest BCUT2D eigenvalue weighted by Gasteiger charge is 2.48. The molecule has 2 rings (SSSR count). The molecule has 1 heteroatoms. The smallest absolute Gasteiger partial charge is 0.0605 e. The Balaban J connectivity index is 2.12. The van der Waals surface area contributed by atoms with Crippen LogP contribution < -0.4 is 0 Å². The van der Waals surface area contributed by atoms with Gasteiger partial charge in [-0.3, -0.25) is 0 Å². The highest BCUT2D eigenvalue weighted by atomic mass is 16.3. The van der Waals surface area contributed by atoms with E-state index in [0.717, 1.165) is 18.3 Å². The van der Waals surface area contributed by atoms with Crippen molar-refractivity contribution in [1.29, 1.82) is 0 Å². The van der Waals surface area contributed by atoms with Crippen LogP contribution in [0.1, 0.15) is 19.8 Å². The molecule has 0 amide bonds. The maximum atomic E-state index is 9.48. The summed E-state index contributed by atoms with van der Waals surface area (Å²) in [7, 11) is 0. The minimum Gasteiger partial charge on any atom is -0.393 e. The molecule has 2 saturated carbocycles. The van der Waals surface area contributed by atoms with Crippen LogP contribution >= 0.6 is 0 Å². The summed E-state index contributed by atoms with van der Waals surface area (Å²) >= 11 is 0. The van der Waals surface area contributed by atoms with Gasteiger partial charge in [-0.2, -0.15) is 0 Å². The zero-order valence-corrected chi connectivity index (χ0v) is 6.38. The summed E-state index contributed by atoms with van der Waals surface area (Å²) in [4.78, 5) is 0. The molecule has 2 aliphatic rings. The van der Waals surface area contributed by atoms with Gasteiger partial charge in [0.15, 0.2) is 0 Å². The van der Waals surface area contributed by atoms with E-state index in [1.807, 2.05) is 0 Å². The molecule has 10 heavy (non-hydrogen) atoms. The zero-order chi connectivity index (χ0) is 7.30. The van der Waals surface area contributed by atoms with Crippen molar-refractivity contribution in [3.05, 3.63) is 12.2 Å². The third-order valence-electron chi connectivity index (χ3n) is 3.12. The topological polar surface area (TPSA) is 20.2 Å². The Morgan fingerprint density at radius 1 is 1.60 bits per heavy atom. The molecule has 4 atom stereocenters. The van der Waals surface area contributed by atoms with Crippen LogP contribution in [0.3, 0.4) is 0 Å². The van der Waals surface area contributed by atoms with Gasteiger partial charge in [-0.05, 0) is 30.6 Å². The maximum Gasteiger partial charge on any atom is 0.0605 e. The molecular formula is C9H14O. The molecule has 0 aromatic rings. The van der Waals surface area contributed by atoms with Crippen LogP contribution in [0, 0.1) is 17.8 Å². The second kappa shape index (κ2) is 1.85. The number of aliphatic hydroxyl groups excluding tert-OH is 1. The van der Waals surface area contributed by atoms with Gasteiger partial charge in [0.1, 0.15) is 0 Å². The van der Waals surface area contributed by atoms with Gasteiger partial charge in [0, 0.05) is 0 Å². The van der Waals surface area contributed by atoms with E-state index in [4.69, 9.17) is 0 Å². The average molecular weight is 138 g/mol. The van der Waals surface area contributed by atoms with Crippen molar-refractivity contribution in [3.63, 3.8) is 0 Å². The quantitative estimate of drug-likeness (QED) is 0.504. The molecule has 0 aliphatic heterocycles. The van der Waals surface area contributed by atoms with Crippen molar-refractivity contribution in [1.82, 2.24) is 0 Å². The Labute approximate surface area is 61.8 Å². The Kier molecular flexibility index (Phi) is 1.19. The van der Waals surface area contributed by atoms with E-state index in [1.54, 1.807) is 0 Å². The molecule has 0 saturated heterocycles. The van der Waals surface area contributed by atoms with E-state index in [1.165, 1.54) is 12.0 Å². The third-order valence-corrected chi connectivity index (χ3v) is 3.12. The van der Waals surface area contributed by atoms with Crippen molar-refractivity contribution in [3.8, 4) is 0 Å². The Bertz CT molecular complexity index is 172. The van der Waals surface area contributed by atoms with Crippen molar-refractivity contribution in [2.75, 3.05) is 0 Å². The molecule has 0 bridgehead atoms. The number of rotatable bonds is 0. The van der Waals surface area contributed by atoms with Crippen molar-refractivity contribution in [2.24, 2.45) is 17.8 Å². The highest BCUT2D eigenvalue weighted by Crippen LogP contribution is 2.54. The zero-order valence-electron chi connectivity index (χ0n) is 6.38. The molecule has 2 aliphatic carbocycles. The first-order valence-corrected chi connectivity index (χ1v) is 4.06. The summed E-state index contributed by atoms with van der Waals surface area (Å²) in [6.45, 7) is 6.12. The first kappa shape index (κ1) is 6.41. The van der Waals surface area contributed by atoms with E-state index in [-0.39, 0.29) is 6.10 Å². The molecule has 0 radical (unpaired) electrons. The molecule has 56 valence electrons. The summed E-state index contributed by atoms with van der Waals surface area (Å²) in [5.74, 6) is 2.07. The van der Waals surface area contributed by atoms with Crippen molar-refractivity contribution >= 4 is 0 Å².